The average Bonchev–Trinajstić information content (AvgIpc) is 3.88. The van der Waals surface area contributed by atoms with Crippen LogP contribution in [0.5, 0.6) is 0 Å². The Morgan fingerprint density at radius 2 is 1.61 bits per heavy atom. The number of likely N-dealkylation sites (N-methyl/N-ethyl adjacent to an activating group) is 1. The van der Waals surface area contributed by atoms with Crippen molar-refractivity contribution < 1.29 is 38.3 Å². The van der Waals surface area contributed by atoms with Gasteiger partial charge in [0.05, 0.1) is 23.3 Å². The number of nitrogens with one attached hydrogen (secondary N) is 4. The van der Waals surface area contributed by atoms with Crippen LogP contribution in [0.2, 0.25) is 0 Å². The molecule has 1 aromatic carbocycles. The van der Waals surface area contributed by atoms with Crippen molar-refractivity contribution in [2.75, 3.05) is 45.3 Å². The van der Waals surface area contributed by atoms with Gasteiger partial charge in [-0.05, 0) is 47.2 Å². The van der Waals surface area contributed by atoms with E-state index in [2.05, 4.69) is 21.3 Å². The van der Waals surface area contributed by atoms with Crippen LogP contribution in [0.4, 0.5) is 4.79 Å². The highest BCUT2D eigenvalue weighted by molar-refractivity contribution is 8.18. The van der Waals surface area contributed by atoms with Gasteiger partial charge in [-0.1, -0.05) is 77.8 Å². The number of carbonyl (C=O) groups excluding carboxylic acids is 7. The molecular weight excluding hydrogens is 733 g/mol. The number of carbonyl (C=O) groups is 7. The van der Waals surface area contributed by atoms with E-state index in [1.807, 2.05) is 34.6 Å². The molecule has 2 unspecified atom stereocenters. The number of ether oxygens (including phenoxy) is 1. The zero-order chi connectivity index (χ0) is 39.8. The molecule has 4 atom stereocenters. The van der Waals surface area contributed by atoms with E-state index in [-0.39, 0.29) is 37.3 Å². The number of nitrogens with zero attached hydrogens (tertiary/aromatic N) is 2. The van der Waals surface area contributed by atoms with Crippen LogP contribution in [0, 0.1) is 17.3 Å². The molecule has 4 N–H and O–H groups in total. The third-order valence-corrected chi connectivity index (χ3v) is 12.8. The first kappa shape index (κ1) is 42.9. The summed E-state index contributed by atoms with van der Waals surface area (Å²) in [6.45, 7) is 9.18. The highest BCUT2D eigenvalue weighted by atomic mass is 32.2. The van der Waals surface area contributed by atoms with Gasteiger partial charge in [0.15, 0.2) is 0 Å². The zero-order valence-corrected chi connectivity index (χ0v) is 34.0. The minimum atomic E-state index is -1.18. The molecule has 3 fully saturated rings. The molecule has 1 saturated carbocycles. The van der Waals surface area contributed by atoms with Gasteiger partial charge in [-0.3, -0.25) is 28.8 Å². The number of likely N-dealkylation sites (tertiary alicyclic amines) is 1. The van der Waals surface area contributed by atoms with Crippen molar-refractivity contribution in [2.24, 2.45) is 17.3 Å². The summed E-state index contributed by atoms with van der Waals surface area (Å²) < 4.78 is 4.90. The highest BCUT2D eigenvalue weighted by Gasteiger charge is 2.53. The molecule has 14 nitrogen and oxygen atoms in total. The van der Waals surface area contributed by atoms with Crippen LogP contribution in [-0.4, -0.2) is 119 Å². The number of thioether (sulfide) groups is 2. The molecule has 1 aromatic rings. The molecule has 16 heteroatoms. The monoisotopic (exact) mass is 788 g/mol. The fraction of sp³-hybridized carbons (Fsp3) is 0.658. The van der Waals surface area contributed by atoms with Crippen LogP contribution in [-0.2, 0) is 33.5 Å². The Hall–Kier alpha value is -3.79. The van der Waals surface area contributed by atoms with Crippen LogP contribution in [0.15, 0.2) is 30.3 Å². The smallest absolute Gasteiger partial charge is 0.407 e. The van der Waals surface area contributed by atoms with Gasteiger partial charge < -0.3 is 35.8 Å². The van der Waals surface area contributed by atoms with E-state index in [1.165, 1.54) is 9.80 Å². The number of rotatable bonds is 15. The van der Waals surface area contributed by atoms with Gasteiger partial charge in [0.2, 0.25) is 29.4 Å². The molecule has 298 valence electrons. The Labute approximate surface area is 326 Å². The predicted octanol–water partition coefficient (Wildman–Crippen LogP) is 2.87. The minimum absolute atomic E-state index is 0.0997. The fourth-order valence-electron chi connectivity index (χ4n) is 6.34. The molecule has 54 heavy (non-hydrogen) atoms. The Morgan fingerprint density at radius 1 is 0.963 bits per heavy atom. The van der Waals surface area contributed by atoms with E-state index < -0.39 is 75.7 Å². The Kier molecular flexibility index (Phi) is 14.9. The second kappa shape index (κ2) is 18.7. The average molecular weight is 789 g/mol. The van der Waals surface area contributed by atoms with Gasteiger partial charge in [-0.2, -0.15) is 0 Å². The van der Waals surface area contributed by atoms with Gasteiger partial charge >= 0.3 is 6.09 Å². The van der Waals surface area contributed by atoms with E-state index in [0.29, 0.717) is 12.0 Å². The first-order valence-electron chi connectivity index (χ1n) is 18.6. The Bertz CT molecular complexity index is 1540. The molecule has 3 aliphatic rings. The molecule has 2 saturated heterocycles. The summed E-state index contributed by atoms with van der Waals surface area (Å²) in [5.74, 6) is -1.99. The molecule has 1 aliphatic carbocycles. The van der Waals surface area contributed by atoms with Gasteiger partial charge in [0.1, 0.15) is 18.1 Å². The number of amides is 6. The molecule has 0 aromatic heterocycles. The SMILES string of the molecule is CC(C)COC(=O)N[C@H](C(=O)N1CC2(C[C@H]1C(=O)NC(CC1CC1)C(=O)C(=O)NCC(=O)NC(C(=O)N(C)C)c1ccccc1)SCCCS2)C(C)(C)C. The van der Waals surface area contributed by atoms with Crippen LogP contribution >= 0.6 is 23.5 Å². The lowest BCUT2D eigenvalue weighted by atomic mass is 9.85. The van der Waals surface area contributed by atoms with Crippen molar-refractivity contribution in [3.63, 3.8) is 0 Å². The molecule has 2 aliphatic heterocycles. The first-order valence-corrected chi connectivity index (χ1v) is 20.6. The van der Waals surface area contributed by atoms with Crippen LogP contribution < -0.4 is 21.3 Å². The normalized spacial score (nSPS) is 19.6. The first-order chi connectivity index (χ1) is 25.4. The number of hydrogen-bond acceptors (Lipinski definition) is 10. The maximum atomic E-state index is 14.4. The largest absolute Gasteiger partial charge is 0.449 e. The second-order valence-electron chi connectivity index (χ2n) is 16.0. The number of hydrogen-bond donors (Lipinski definition) is 4. The predicted molar refractivity (Wildman–Crippen MR) is 208 cm³/mol. The van der Waals surface area contributed by atoms with E-state index in [9.17, 15) is 33.6 Å². The quantitative estimate of drug-likeness (QED) is 0.193. The number of Topliss-reactive ketones (excluding diaryl/α,β-unsaturated/α-hetero) is 1. The third-order valence-electron chi connectivity index (χ3n) is 9.48. The second-order valence-corrected chi connectivity index (χ2v) is 19.2. The van der Waals surface area contributed by atoms with Gasteiger partial charge in [0.25, 0.3) is 5.91 Å². The van der Waals surface area contributed by atoms with Crippen molar-refractivity contribution in [2.45, 2.75) is 95.0 Å². The Morgan fingerprint density at radius 3 is 2.19 bits per heavy atom. The zero-order valence-electron chi connectivity index (χ0n) is 32.4. The van der Waals surface area contributed by atoms with E-state index in [1.54, 1.807) is 68.0 Å². The number of alkyl carbamates (subject to hydrolysis) is 1. The van der Waals surface area contributed by atoms with Crippen molar-refractivity contribution in [3.8, 4) is 0 Å². The summed E-state index contributed by atoms with van der Waals surface area (Å²) in [4.78, 5) is 96.9. The lowest BCUT2D eigenvalue weighted by Crippen LogP contribution is -2.59. The summed E-state index contributed by atoms with van der Waals surface area (Å²) in [5, 5.41) is 10.6. The summed E-state index contributed by atoms with van der Waals surface area (Å²) in [6.07, 6.45) is 2.55. The van der Waals surface area contributed by atoms with E-state index in [4.69, 9.17) is 4.74 Å². The summed E-state index contributed by atoms with van der Waals surface area (Å²) >= 11 is 3.42. The third kappa shape index (κ3) is 11.9. The molecule has 0 bridgehead atoms. The molecule has 4 rings (SSSR count). The maximum absolute atomic E-state index is 14.4. The van der Waals surface area contributed by atoms with Crippen molar-refractivity contribution in [1.29, 1.82) is 0 Å². The van der Waals surface area contributed by atoms with Crippen molar-refractivity contribution in [1.82, 2.24) is 31.1 Å². The lowest BCUT2D eigenvalue weighted by molar-refractivity contribution is -0.144. The van der Waals surface area contributed by atoms with Crippen molar-refractivity contribution >= 4 is 64.9 Å². The maximum Gasteiger partial charge on any atom is 0.407 e. The molecule has 0 radical (unpaired) electrons. The Balaban J connectivity index is 1.48. The van der Waals surface area contributed by atoms with E-state index >= 15 is 0 Å². The standard InChI is InChI=1S/C38H56N6O8S2/c1-23(2)21-52-36(51)42-31(37(3,4)5)35(50)44-22-38(53-16-11-17-54-38)19-27(44)32(47)40-26(18-24-14-15-24)30(46)33(48)39-20-28(45)41-29(34(49)43(6)7)25-12-9-8-10-13-25/h8-10,12-13,23-24,26-27,29,31H,11,14-22H2,1-7H3,(H,39,48)(H,40,47)(H,41,45)(H,42,51)/t26?,27-,29?,31+/m0/s1. The van der Waals surface area contributed by atoms with E-state index in [0.717, 1.165) is 30.8 Å². The molecule has 1 spiro atoms. The number of benzene rings is 1. The summed E-state index contributed by atoms with van der Waals surface area (Å²) in [5.41, 5.74) is -0.172. The summed E-state index contributed by atoms with van der Waals surface area (Å²) in [7, 11) is 3.13. The highest BCUT2D eigenvalue weighted by Crippen LogP contribution is 2.50. The topological polar surface area (TPSA) is 183 Å². The lowest BCUT2D eigenvalue weighted by Gasteiger charge is -2.36. The van der Waals surface area contributed by atoms with Crippen LogP contribution in [0.3, 0.4) is 0 Å². The molecular formula is C38H56N6O8S2. The van der Waals surface area contributed by atoms with Gasteiger partial charge in [0, 0.05) is 27.1 Å². The van der Waals surface area contributed by atoms with Crippen molar-refractivity contribution in [3.05, 3.63) is 35.9 Å². The fourth-order valence-corrected chi connectivity index (χ4v) is 9.69. The van der Waals surface area contributed by atoms with Gasteiger partial charge in [-0.15, -0.1) is 23.5 Å². The molecule has 2 heterocycles. The van der Waals surface area contributed by atoms with Crippen LogP contribution in [0.25, 0.3) is 0 Å². The number of ketones is 1. The summed E-state index contributed by atoms with van der Waals surface area (Å²) in [6, 6.07) is 4.53. The minimum Gasteiger partial charge on any atom is -0.449 e. The molecule has 6 amide bonds. The van der Waals surface area contributed by atoms with Crippen LogP contribution in [0.1, 0.15) is 78.3 Å². The van der Waals surface area contributed by atoms with Gasteiger partial charge in [-0.25, -0.2) is 4.79 Å².